The third-order valence-electron chi connectivity index (χ3n) is 4.33. The fourth-order valence-electron chi connectivity index (χ4n) is 3.22. The molecule has 0 radical (unpaired) electrons. The van der Waals surface area contributed by atoms with Crippen molar-refractivity contribution in [2.75, 3.05) is 7.11 Å². The molecule has 1 unspecified atom stereocenters. The Hall–Kier alpha value is -2.83. The highest BCUT2D eigenvalue weighted by atomic mass is 35.5. The molecule has 0 saturated heterocycles. The molecule has 0 saturated carbocycles. The van der Waals surface area contributed by atoms with Crippen LogP contribution in [-0.4, -0.2) is 28.6 Å². The topological polar surface area (TPSA) is 60.8 Å². The van der Waals surface area contributed by atoms with Gasteiger partial charge in [-0.15, -0.1) is 0 Å². The molecule has 0 spiro atoms. The van der Waals surface area contributed by atoms with E-state index in [9.17, 15) is 9.59 Å². The Morgan fingerprint density at radius 3 is 2.62 bits per heavy atom. The third-order valence-corrected chi connectivity index (χ3v) is 4.58. The van der Waals surface area contributed by atoms with Gasteiger partial charge in [0.2, 0.25) is 0 Å². The lowest BCUT2D eigenvalue weighted by Gasteiger charge is -2.23. The molecule has 2 aromatic carbocycles. The Labute approximate surface area is 154 Å². The summed E-state index contributed by atoms with van der Waals surface area (Å²) in [6.07, 6.45) is -0.657. The first-order chi connectivity index (χ1) is 12.6. The average Bonchev–Trinajstić information content (AvgIpc) is 3.13. The molecule has 0 N–H and O–H groups in total. The van der Waals surface area contributed by atoms with E-state index in [0.29, 0.717) is 16.5 Å². The Morgan fingerprint density at radius 1 is 1.15 bits per heavy atom. The van der Waals surface area contributed by atoms with Gasteiger partial charge in [0.05, 0.1) is 19.0 Å². The number of hydrogen-bond acceptors (Lipinski definition) is 4. The molecule has 0 bridgehead atoms. The van der Waals surface area contributed by atoms with E-state index in [2.05, 4.69) is 0 Å². The highest BCUT2D eigenvalue weighted by Crippen LogP contribution is 2.35. The molecule has 3 aromatic rings. The number of fused-ring (bicyclic) bond motifs is 3. The molecule has 0 fully saturated rings. The van der Waals surface area contributed by atoms with E-state index in [1.54, 1.807) is 30.3 Å². The van der Waals surface area contributed by atoms with Gasteiger partial charge in [0, 0.05) is 10.4 Å². The summed E-state index contributed by atoms with van der Waals surface area (Å²) in [5.41, 5.74) is 1.34. The van der Waals surface area contributed by atoms with Gasteiger partial charge < -0.3 is 9.30 Å². The van der Waals surface area contributed by atoms with Gasteiger partial charge in [0.25, 0.3) is 5.91 Å². The zero-order valence-electron chi connectivity index (χ0n) is 13.9. The number of benzene rings is 2. The van der Waals surface area contributed by atoms with Gasteiger partial charge >= 0.3 is 5.97 Å². The average molecular weight is 371 g/mol. The minimum absolute atomic E-state index is 0.0477. The van der Waals surface area contributed by atoms with Gasteiger partial charge in [-0.1, -0.05) is 29.8 Å². The molecular formula is C19H15ClN2O4. The van der Waals surface area contributed by atoms with Gasteiger partial charge in [0.1, 0.15) is 17.6 Å². The fourth-order valence-corrected chi connectivity index (χ4v) is 3.34. The van der Waals surface area contributed by atoms with Crippen molar-refractivity contribution < 1.29 is 19.2 Å². The summed E-state index contributed by atoms with van der Waals surface area (Å²) in [7, 11) is 1.41. The first kappa shape index (κ1) is 16.6. The summed E-state index contributed by atoms with van der Waals surface area (Å²) in [5.74, 6) is -0.365. The molecule has 1 aromatic heterocycles. The highest BCUT2D eigenvalue weighted by Gasteiger charge is 2.40. The standard InChI is InChI=1S/C19H15ClN2O4/c1-25-22-17(11-18(23)26-14-8-6-13(20)7-9-14)21-15-5-3-2-4-12(15)10-16(21)19(22)24/h2-10,17H,11H2,1H3. The van der Waals surface area contributed by atoms with Gasteiger partial charge in [-0.3, -0.25) is 14.4 Å². The first-order valence-corrected chi connectivity index (χ1v) is 8.40. The number of carbonyl (C=O) groups is 2. The van der Waals surface area contributed by atoms with E-state index in [-0.39, 0.29) is 12.3 Å². The molecule has 132 valence electrons. The van der Waals surface area contributed by atoms with Crippen molar-refractivity contribution in [3.05, 3.63) is 65.3 Å². The maximum Gasteiger partial charge on any atom is 0.315 e. The van der Waals surface area contributed by atoms with Crippen molar-refractivity contribution in [2.45, 2.75) is 12.6 Å². The number of para-hydroxylation sites is 1. The van der Waals surface area contributed by atoms with Crippen molar-refractivity contribution in [1.82, 2.24) is 9.63 Å². The van der Waals surface area contributed by atoms with Crippen LogP contribution in [0.3, 0.4) is 0 Å². The summed E-state index contributed by atoms with van der Waals surface area (Å²) >= 11 is 5.83. The van der Waals surface area contributed by atoms with Crippen LogP contribution in [0.5, 0.6) is 5.75 Å². The van der Waals surface area contributed by atoms with Crippen LogP contribution < -0.4 is 4.74 Å². The SMILES string of the molecule is CON1C(=O)c2cc3ccccc3n2C1CC(=O)Oc1ccc(Cl)cc1. The van der Waals surface area contributed by atoms with Crippen molar-refractivity contribution in [2.24, 2.45) is 0 Å². The maximum atomic E-state index is 12.6. The third kappa shape index (κ3) is 2.73. The summed E-state index contributed by atoms with van der Waals surface area (Å²) in [6.45, 7) is 0. The maximum absolute atomic E-state index is 12.6. The lowest BCUT2D eigenvalue weighted by Crippen LogP contribution is -2.31. The van der Waals surface area contributed by atoms with E-state index in [1.165, 1.54) is 12.2 Å². The van der Waals surface area contributed by atoms with E-state index in [1.807, 2.05) is 28.8 Å². The normalized spacial score (nSPS) is 16.2. The number of carbonyl (C=O) groups excluding carboxylic acids is 2. The summed E-state index contributed by atoms with van der Waals surface area (Å²) in [6, 6.07) is 15.9. The van der Waals surface area contributed by atoms with Crippen LogP contribution in [0.25, 0.3) is 10.9 Å². The van der Waals surface area contributed by atoms with Crippen molar-refractivity contribution in [3.63, 3.8) is 0 Å². The number of ether oxygens (including phenoxy) is 1. The molecule has 1 amide bonds. The van der Waals surface area contributed by atoms with Crippen LogP contribution in [0.2, 0.25) is 5.02 Å². The molecule has 26 heavy (non-hydrogen) atoms. The van der Waals surface area contributed by atoms with Gasteiger partial charge in [-0.2, -0.15) is 5.06 Å². The predicted molar refractivity (Wildman–Crippen MR) is 95.9 cm³/mol. The number of nitrogens with zero attached hydrogens (tertiary/aromatic N) is 2. The molecule has 6 nitrogen and oxygen atoms in total. The Bertz CT molecular complexity index is 996. The molecule has 1 atom stereocenters. The number of hydroxylamine groups is 2. The quantitative estimate of drug-likeness (QED) is 0.517. The number of hydrogen-bond donors (Lipinski definition) is 0. The minimum Gasteiger partial charge on any atom is -0.426 e. The zero-order chi connectivity index (χ0) is 18.3. The van der Waals surface area contributed by atoms with Gasteiger partial charge in [-0.05, 0) is 36.4 Å². The zero-order valence-corrected chi connectivity index (χ0v) is 14.6. The van der Waals surface area contributed by atoms with E-state index >= 15 is 0 Å². The van der Waals surface area contributed by atoms with Crippen LogP contribution in [0.15, 0.2) is 54.6 Å². The van der Waals surface area contributed by atoms with Crippen molar-refractivity contribution >= 4 is 34.4 Å². The second-order valence-electron chi connectivity index (χ2n) is 5.88. The second-order valence-corrected chi connectivity index (χ2v) is 6.32. The fraction of sp³-hybridized carbons (Fsp3) is 0.158. The molecule has 0 aliphatic carbocycles. The lowest BCUT2D eigenvalue weighted by atomic mass is 10.2. The van der Waals surface area contributed by atoms with Crippen LogP contribution >= 0.6 is 11.6 Å². The molecule has 7 heteroatoms. The Kier molecular flexibility index (Phi) is 4.14. The largest absolute Gasteiger partial charge is 0.426 e. The van der Waals surface area contributed by atoms with Crippen molar-refractivity contribution in [3.8, 4) is 5.75 Å². The molecule has 2 heterocycles. The van der Waals surface area contributed by atoms with E-state index in [0.717, 1.165) is 10.9 Å². The van der Waals surface area contributed by atoms with Crippen LogP contribution in [0.4, 0.5) is 0 Å². The number of halogens is 1. The number of amides is 1. The van der Waals surface area contributed by atoms with E-state index < -0.39 is 12.1 Å². The van der Waals surface area contributed by atoms with Crippen LogP contribution in [0, 0.1) is 0 Å². The smallest absolute Gasteiger partial charge is 0.315 e. The molecule has 1 aliphatic heterocycles. The summed E-state index contributed by atoms with van der Waals surface area (Å²) < 4.78 is 7.17. The van der Waals surface area contributed by atoms with Gasteiger partial charge in [0.15, 0.2) is 0 Å². The lowest BCUT2D eigenvalue weighted by molar-refractivity contribution is -0.151. The van der Waals surface area contributed by atoms with E-state index in [4.69, 9.17) is 21.2 Å². The number of esters is 1. The second kappa shape index (κ2) is 6.48. The van der Waals surface area contributed by atoms with Gasteiger partial charge in [-0.25, -0.2) is 0 Å². The molecule has 1 aliphatic rings. The summed E-state index contributed by atoms with van der Waals surface area (Å²) in [5, 5.41) is 2.69. The number of rotatable bonds is 4. The Balaban J connectivity index is 1.64. The molecular weight excluding hydrogens is 356 g/mol. The molecule has 4 rings (SSSR count). The monoisotopic (exact) mass is 370 g/mol. The van der Waals surface area contributed by atoms with Crippen LogP contribution in [-0.2, 0) is 9.63 Å². The highest BCUT2D eigenvalue weighted by molar-refractivity contribution is 6.30. The number of aromatic nitrogens is 1. The first-order valence-electron chi connectivity index (χ1n) is 8.02. The Morgan fingerprint density at radius 2 is 1.88 bits per heavy atom. The summed E-state index contributed by atoms with van der Waals surface area (Å²) in [4.78, 5) is 30.3. The van der Waals surface area contributed by atoms with Crippen LogP contribution in [0.1, 0.15) is 23.1 Å². The predicted octanol–water partition coefficient (Wildman–Crippen LogP) is 3.81. The van der Waals surface area contributed by atoms with Crippen molar-refractivity contribution in [1.29, 1.82) is 0 Å². The minimum atomic E-state index is -0.609.